The van der Waals surface area contributed by atoms with Gasteiger partial charge in [0.25, 0.3) is 0 Å². The monoisotopic (exact) mass is 369 g/mol. The molecule has 0 spiro atoms. The van der Waals surface area contributed by atoms with Crippen molar-refractivity contribution in [3.05, 3.63) is 53.3 Å². The molecule has 1 heterocycles. The summed E-state index contributed by atoms with van der Waals surface area (Å²) < 4.78 is 19.6. The minimum absolute atomic E-state index is 0.114. The first-order valence-corrected chi connectivity index (χ1v) is 9.03. The lowest BCUT2D eigenvalue weighted by atomic mass is 9.97. The summed E-state index contributed by atoms with van der Waals surface area (Å²) in [5.74, 6) is -0.912. The number of aryl methyl sites for hydroxylation is 1. The van der Waals surface area contributed by atoms with Gasteiger partial charge in [0.2, 0.25) is 5.91 Å². The summed E-state index contributed by atoms with van der Waals surface area (Å²) >= 11 is 0. The SMILES string of the molecule is CCN(CCOC)c1ccc(N=CC2C(=O)Nc3cccc(C)c32)cc1F. The molecular formula is C21H24FN3O2. The number of ether oxygens (including phenoxy) is 1. The minimum Gasteiger partial charge on any atom is -0.383 e. The second-order valence-electron chi connectivity index (χ2n) is 6.49. The van der Waals surface area contributed by atoms with Gasteiger partial charge >= 0.3 is 0 Å². The number of nitrogens with one attached hydrogen (secondary N) is 1. The summed E-state index contributed by atoms with van der Waals surface area (Å²) in [6, 6.07) is 10.6. The van der Waals surface area contributed by atoms with Gasteiger partial charge < -0.3 is 15.0 Å². The van der Waals surface area contributed by atoms with Gasteiger partial charge in [0.15, 0.2) is 0 Å². The van der Waals surface area contributed by atoms with E-state index >= 15 is 0 Å². The lowest BCUT2D eigenvalue weighted by molar-refractivity contribution is -0.115. The van der Waals surface area contributed by atoms with E-state index in [1.807, 2.05) is 36.9 Å². The average Bonchev–Trinajstić information content (AvgIpc) is 2.98. The number of carbonyl (C=O) groups excluding carboxylic acids is 1. The topological polar surface area (TPSA) is 53.9 Å². The van der Waals surface area contributed by atoms with Crippen LogP contribution in [0.2, 0.25) is 0 Å². The number of aliphatic imine (C=N–C) groups is 1. The molecule has 27 heavy (non-hydrogen) atoms. The van der Waals surface area contributed by atoms with Gasteiger partial charge in [0, 0.05) is 38.2 Å². The standard InChI is InChI=1S/C21H24FN3O2/c1-4-25(10-11-27-3)19-9-8-15(12-17(19)22)23-13-16-20-14(2)6-5-7-18(20)24-21(16)26/h5-9,12-13,16H,4,10-11H2,1-3H3,(H,24,26). The van der Waals surface area contributed by atoms with Crippen LogP contribution >= 0.6 is 0 Å². The fourth-order valence-electron chi connectivity index (χ4n) is 3.33. The summed E-state index contributed by atoms with van der Waals surface area (Å²) in [5, 5.41) is 2.86. The molecule has 5 nitrogen and oxygen atoms in total. The number of benzene rings is 2. The Morgan fingerprint density at radius 3 is 2.85 bits per heavy atom. The average molecular weight is 369 g/mol. The van der Waals surface area contributed by atoms with Crippen molar-refractivity contribution in [1.29, 1.82) is 0 Å². The molecule has 1 N–H and O–H groups in total. The highest BCUT2D eigenvalue weighted by atomic mass is 19.1. The van der Waals surface area contributed by atoms with Crippen LogP contribution in [0.25, 0.3) is 0 Å². The second-order valence-corrected chi connectivity index (χ2v) is 6.49. The van der Waals surface area contributed by atoms with E-state index in [-0.39, 0.29) is 11.7 Å². The largest absolute Gasteiger partial charge is 0.383 e. The van der Waals surface area contributed by atoms with Crippen LogP contribution in [-0.2, 0) is 9.53 Å². The molecule has 0 saturated carbocycles. The van der Waals surface area contributed by atoms with Crippen LogP contribution in [0, 0.1) is 12.7 Å². The highest BCUT2D eigenvalue weighted by molar-refractivity contribution is 6.13. The van der Waals surface area contributed by atoms with E-state index in [2.05, 4.69) is 10.3 Å². The predicted molar refractivity (Wildman–Crippen MR) is 107 cm³/mol. The van der Waals surface area contributed by atoms with Gasteiger partial charge in [-0.3, -0.25) is 9.79 Å². The number of carbonyl (C=O) groups is 1. The molecule has 0 aromatic heterocycles. The van der Waals surface area contributed by atoms with E-state index in [4.69, 9.17) is 4.74 Å². The van der Waals surface area contributed by atoms with Gasteiger partial charge in [-0.1, -0.05) is 12.1 Å². The van der Waals surface area contributed by atoms with Crippen molar-refractivity contribution in [2.75, 3.05) is 37.0 Å². The predicted octanol–water partition coefficient (Wildman–Crippen LogP) is 4.05. The Hall–Kier alpha value is -2.73. The van der Waals surface area contributed by atoms with Crippen molar-refractivity contribution in [2.45, 2.75) is 19.8 Å². The number of nitrogens with zero attached hydrogens (tertiary/aromatic N) is 2. The first-order chi connectivity index (χ1) is 13.0. The molecule has 2 aromatic carbocycles. The number of rotatable bonds is 7. The molecule has 0 aliphatic carbocycles. The number of likely N-dealkylation sites (N-methyl/N-ethyl adjacent to an activating group) is 1. The van der Waals surface area contributed by atoms with Gasteiger partial charge in [-0.05, 0) is 43.2 Å². The van der Waals surface area contributed by atoms with E-state index in [9.17, 15) is 9.18 Å². The van der Waals surface area contributed by atoms with Crippen molar-refractivity contribution in [3.63, 3.8) is 0 Å². The Kier molecular flexibility index (Phi) is 5.86. The Morgan fingerprint density at radius 2 is 2.15 bits per heavy atom. The van der Waals surface area contributed by atoms with Crippen LogP contribution in [0.15, 0.2) is 41.4 Å². The lowest BCUT2D eigenvalue weighted by Gasteiger charge is -2.23. The van der Waals surface area contributed by atoms with E-state index in [0.29, 0.717) is 31.1 Å². The van der Waals surface area contributed by atoms with Crippen molar-refractivity contribution in [1.82, 2.24) is 0 Å². The van der Waals surface area contributed by atoms with Gasteiger partial charge in [-0.25, -0.2) is 4.39 Å². The van der Waals surface area contributed by atoms with Crippen molar-refractivity contribution in [3.8, 4) is 0 Å². The summed E-state index contributed by atoms with van der Waals surface area (Å²) in [5.41, 5.74) is 3.78. The first-order valence-electron chi connectivity index (χ1n) is 9.03. The van der Waals surface area contributed by atoms with Gasteiger partial charge in [0.05, 0.1) is 18.0 Å². The molecule has 0 bridgehead atoms. The summed E-state index contributed by atoms with van der Waals surface area (Å²) in [6.45, 7) is 5.77. The van der Waals surface area contributed by atoms with Crippen molar-refractivity contribution >= 4 is 29.2 Å². The molecule has 0 fully saturated rings. The first kappa shape index (κ1) is 19.0. The van der Waals surface area contributed by atoms with E-state index in [1.54, 1.807) is 25.5 Å². The summed E-state index contributed by atoms with van der Waals surface area (Å²) in [6.07, 6.45) is 1.59. The molecule has 142 valence electrons. The molecule has 0 radical (unpaired) electrons. The van der Waals surface area contributed by atoms with Crippen LogP contribution in [-0.4, -0.2) is 38.9 Å². The zero-order valence-corrected chi connectivity index (χ0v) is 15.8. The number of amides is 1. The van der Waals surface area contributed by atoms with Gasteiger partial charge in [0.1, 0.15) is 11.7 Å². The molecule has 1 amide bonds. The summed E-state index contributed by atoms with van der Waals surface area (Å²) in [7, 11) is 1.63. The van der Waals surface area contributed by atoms with Gasteiger partial charge in [-0.15, -0.1) is 0 Å². The molecular weight excluding hydrogens is 345 g/mol. The Bertz CT molecular complexity index is 867. The molecule has 1 atom stereocenters. The fraction of sp³-hybridized carbons (Fsp3) is 0.333. The normalized spacial score (nSPS) is 15.9. The highest BCUT2D eigenvalue weighted by Gasteiger charge is 2.30. The smallest absolute Gasteiger partial charge is 0.237 e. The van der Waals surface area contributed by atoms with Crippen LogP contribution in [0.3, 0.4) is 0 Å². The third-order valence-corrected chi connectivity index (χ3v) is 4.77. The quantitative estimate of drug-likeness (QED) is 0.749. The fourth-order valence-corrected chi connectivity index (χ4v) is 3.33. The number of anilines is 2. The molecule has 1 unspecified atom stereocenters. The maximum Gasteiger partial charge on any atom is 0.237 e. The van der Waals surface area contributed by atoms with E-state index in [0.717, 1.165) is 16.8 Å². The molecule has 3 rings (SSSR count). The van der Waals surface area contributed by atoms with Crippen LogP contribution < -0.4 is 10.2 Å². The number of fused-ring (bicyclic) bond motifs is 1. The summed E-state index contributed by atoms with van der Waals surface area (Å²) in [4.78, 5) is 18.5. The molecule has 1 aliphatic heterocycles. The van der Waals surface area contributed by atoms with Crippen molar-refractivity contribution in [2.24, 2.45) is 4.99 Å². The number of hydrogen-bond donors (Lipinski definition) is 1. The molecule has 2 aromatic rings. The number of hydrogen-bond acceptors (Lipinski definition) is 4. The Morgan fingerprint density at radius 1 is 1.33 bits per heavy atom. The maximum absolute atomic E-state index is 14.6. The van der Waals surface area contributed by atoms with E-state index in [1.165, 1.54) is 6.07 Å². The second kappa shape index (κ2) is 8.31. The Balaban J connectivity index is 1.81. The maximum atomic E-state index is 14.6. The highest BCUT2D eigenvalue weighted by Crippen LogP contribution is 2.34. The molecule has 6 heteroatoms. The Labute approximate surface area is 158 Å². The van der Waals surface area contributed by atoms with Crippen LogP contribution in [0.1, 0.15) is 24.0 Å². The van der Waals surface area contributed by atoms with E-state index < -0.39 is 5.92 Å². The van der Waals surface area contributed by atoms with Crippen LogP contribution in [0.5, 0.6) is 0 Å². The van der Waals surface area contributed by atoms with Crippen LogP contribution in [0.4, 0.5) is 21.5 Å². The number of halogens is 1. The third kappa shape index (κ3) is 4.01. The molecule has 1 aliphatic rings. The zero-order chi connectivity index (χ0) is 19.4. The number of methoxy groups -OCH3 is 1. The van der Waals surface area contributed by atoms with Gasteiger partial charge in [-0.2, -0.15) is 0 Å². The molecule has 0 saturated heterocycles. The third-order valence-electron chi connectivity index (χ3n) is 4.77. The lowest BCUT2D eigenvalue weighted by Crippen LogP contribution is -2.27. The van der Waals surface area contributed by atoms with Crippen molar-refractivity contribution < 1.29 is 13.9 Å². The minimum atomic E-state index is -0.460. The zero-order valence-electron chi connectivity index (χ0n) is 15.8.